The maximum absolute atomic E-state index is 6.41. The minimum atomic E-state index is 0.123. The molecule has 0 spiro atoms. The minimum Gasteiger partial charge on any atom is -0.327 e. The molecule has 1 aromatic carbocycles. The van der Waals surface area contributed by atoms with Crippen LogP contribution in [-0.4, -0.2) is 22.6 Å². The first-order valence-corrected chi connectivity index (χ1v) is 7.84. The van der Waals surface area contributed by atoms with Gasteiger partial charge in [-0.25, -0.2) is 4.98 Å². The summed E-state index contributed by atoms with van der Waals surface area (Å²) in [4.78, 5) is 4.96. The van der Waals surface area contributed by atoms with Crippen LogP contribution in [0.3, 0.4) is 0 Å². The lowest BCUT2D eigenvalue weighted by atomic mass is 9.75. The van der Waals surface area contributed by atoms with Gasteiger partial charge in [0.2, 0.25) is 0 Å². The maximum Gasteiger partial charge on any atom is 0.117 e. The van der Waals surface area contributed by atoms with Gasteiger partial charge in [0.05, 0.1) is 16.1 Å². The van der Waals surface area contributed by atoms with Crippen LogP contribution in [0.2, 0.25) is 5.02 Å². The molecule has 2 heterocycles. The number of aromatic nitrogens is 2. The van der Waals surface area contributed by atoms with Crippen LogP contribution in [0.5, 0.6) is 0 Å². The Morgan fingerprint density at radius 2 is 2.25 bits per heavy atom. The molecule has 1 atom stereocenters. The summed E-state index contributed by atoms with van der Waals surface area (Å²) >= 11 is 6.41. The zero-order valence-electron chi connectivity index (χ0n) is 12.4. The Morgan fingerprint density at radius 3 is 2.85 bits per heavy atom. The molecule has 1 saturated heterocycles. The van der Waals surface area contributed by atoms with Crippen LogP contribution in [-0.2, 0) is 12.0 Å². The Hall–Kier alpha value is -1.06. The van der Waals surface area contributed by atoms with Crippen LogP contribution >= 0.6 is 11.6 Å². The highest BCUT2D eigenvalue weighted by molar-refractivity contribution is 6.35. The zero-order chi connectivity index (χ0) is 14.3. The van der Waals surface area contributed by atoms with Crippen LogP contribution in [0.4, 0.5) is 0 Å². The molecule has 0 amide bonds. The van der Waals surface area contributed by atoms with E-state index in [4.69, 9.17) is 16.6 Å². The first kappa shape index (κ1) is 13.9. The zero-order valence-corrected chi connectivity index (χ0v) is 13.2. The first-order valence-electron chi connectivity index (χ1n) is 7.46. The Balaban J connectivity index is 2.28. The summed E-state index contributed by atoms with van der Waals surface area (Å²) in [6.45, 7) is 9.75. The molecule has 0 bridgehead atoms. The van der Waals surface area contributed by atoms with Crippen LogP contribution in [0.15, 0.2) is 18.2 Å². The largest absolute Gasteiger partial charge is 0.327 e. The van der Waals surface area contributed by atoms with Gasteiger partial charge in [0, 0.05) is 18.5 Å². The van der Waals surface area contributed by atoms with E-state index in [-0.39, 0.29) is 5.41 Å². The van der Waals surface area contributed by atoms with E-state index in [1.54, 1.807) is 0 Å². The van der Waals surface area contributed by atoms with E-state index in [1.807, 2.05) is 12.1 Å². The highest BCUT2D eigenvalue weighted by Crippen LogP contribution is 2.39. The normalized spacial score (nSPS) is 23.1. The van der Waals surface area contributed by atoms with Gasteiger partial charge in [-0.05, 0) is 37.9 Å². The number of hydrogen-bond donors (Lipinski definition) is 1. The molecule has 1 aromatic heterocycles. The molecule has 3 rings (SSSR count). The Bertz CT molecular complexity index is 624. The van der Waals surface area contributed by atoms with Gasteiger partial charge in [-0.15, -0.1) is 0 Å². The molecule has 1 aliphatic heterocycles. The average molecular weight is 292 g/mol. The lowest BCUT2D eigenvalue weighted by Gasteiger charge is -2.32. The molecule has 1 N–H and O–H groups in total. The second-order valence-electron chi connectivity index (χ2n) is 6.02. The van der Waals surface area contributed by atoms with Crippen LogP contribution in [0.1, 0.15) is 33.0 Å². The number of imidazole rings is 1. The highest BCUT2D eigenvalue weighted by atomic mass is 35.5. The number of hydrogen-bond acceptors (Lipinski definition) is 2. The molecule has 0 aliphatic carbocycles. The summed E-state index contributed by atoms with van der Waals surface area (Å²) in [7, 11) is 0. The third kappa shape index (κ3) is 1.87. The maximum atomic E-state index is 6.41. The summed E-state index contributed by atoms with van der Waals surface area (Å²) in [5.74, 6) is 1.75. The fourth-order valence-corrected chi connectivity index (χ4v) is 3.75. The van der Waals surface area contributed by atoms with Crippen molar-refractivity contribution >= 4 is 22.6 Å². The van der Waals surface area contributed by atoms with E-state index < -0.39 is 0 Å². The van der Waals surface area contributed by atoms with E-state index in [1.165, 1.54) is 5.82 Å². The van der Waals surface area contributed by atoms with Crippen molar-refractivity contribution in [1.82, 2.24) is 14.9 Å². The number of para-hydroxylation sites is 1. The number of aryl methyl sites for hydroxylation is 1. The third-order valence-corrected chi connectivity index (χ3v) is 5.08. The van der Waals surface area contributed by atoms with Gasteiger partial charge in [-0.3, -0.25) is 0 Å². The smallest absolute Gasteiger partial charge is 0.117 e. The van der Waals surface area contributed by atoms with Crippen molar-refractivity contribution < 1.29 is 0 Å². The van der Waals surface area contributed by atoms with Crippen molar-refractivity contribution in [2.75, 3.05) is 13.1 Å². The number of nitrogens with one attached hydrogen (secondary N) is 1. The molecule has 108 valence electrons. The SMILES string of the molecule is CCn1c(C2(C(C)C)CCNC2)nc2cccc(Cl)c21. The van der Waals surface area contributed by atoms with E-state index in [9.17, 15) is 0 Å². The van der Waals surface area contributed by atoms with Crippen LogP contribution in [0.25, 0.3) is 11.0 Å². The van der Waals surface area contributed by atoms with Crippen molar-refractivity contribution in [2.24, 2.45) is 5.92 Å². The topological polar surface area (TPSA) is 29.9 Å². The second-order valence-corrected chi connectivity index (χ2v) is 6.43. The van der Waals surface area contributed by atoms with Gasteiger partial charge in [-0.2, -0.15) is 0 Å². The van der Waals surface area contributed by atoms with Crippen molar-refractivity contribution in [2.45, 2.75) is 39.2 Å². The minimum absolute atomic E-state index is 0.123. The fraction of sp³-hybridized carbons (Fsp3) is 0.562. The fourth-order valence-electron chi connectivity index (χ4n) is 3.48. The Morgan fingerprint density at radius 1 is 1.45 bits per heavy atom. The van der Waals surface area contributed by atoms with E-state index >= 15 is 0 Å². The summed E-state index contributed by atoms with van der Waals surface area (Å²) in [6, 6.07) is 6.00. The van der Waals surface area contributed by atoms with Crippen molar-refractivity contribution in [3.05, 3.63) is 29.0 Å². The molecule has 2 aromatic rings. The second kappa shape index (κ2) is 5.05. The average Bonchev–Trinajstić information content (AvgIpc) is 3.04. The molecule has 1 aliphatic rings. The molecular formula is C16H22ClN3. The number of fused-ring (bicyclic) bond motifs is 1. The molecule has 3 nitrogen and oxygen atoms in total. The summed E-state index contributed by atoms with van der Waals surface area (Å²) < 4.78 is 2.31. The summed E-state index contributed by atoms with van der Waals surface area (Å²) in [5, 5.41) is 4.32. The lowest BCUT2D eigenvalue weighted by molar-refractivity contribution is 0.308. The standard InChI is InChI=1S/C16H22ClN3/c1-4-20-14-12(17)6-5-7-13(14)19-15(20)16(11(2)3)8-9-18-10-16/h5-7,11,18H,4,8-10H2,1-3H3. The third-order valence-electron chi connectivity index (χ3n) is 4.77. The number of rotatable bonds is 3. The molecule has 0 radical (unpaired) electrons. The van der Waals surface area contributed by atoms with Crippen LogP contribution in [0, 0.1) is 5.92 Å². The first-order chi connectivity index (χ1) is 9.60. The van der Waals surface area contributed by atoms with Crippen molar-refractivity contribution in [3.63, 3.8) is 0 Å². The van der Waals surface area contributed by atoms with E-state index in [0.717, 1.165) is 42.1 Å². The van der Waals surface area contributed by atoms with E-state index in [2.05, 4.69) is 36.7 Å². The molecule has 20 heavy (non-hydrogen) atoms. The number of nitrogens with zero attached hydrogens (tertiary/aromatic N) is 2. The molecular weight excluding hydrogens is 270 g/mol. The van der Waals surface area contributed by atoms with Gasteiger partial charge in [0.25, 0.3) is 0 Å². The predicted octanol–water partition coefficient (Wildman–Crippen LogP) is 3.60. The molecule has 1 unspecified atom stereocenters. The number of benzene rings is 1. The van der Waals surface area contributed by atoms with Crippen LogP contribution < -0.4 is 5.32 Å². The molecule has 1 fully saturated rings. The molecule has 4 heteroatoms. The quantitative estimate of drug-likeness (QED) is 0.936. The highest BCUT2D eigenvalue weighted by Gasteiger charge is 2.42. The van der Waals surface area contributed by atoms with Gasteiger partial charge in [0.15, 0.2) is 0 Å². The van der Waals surface area contributed by atoms with Gasteiger partial charge >= 0.3 is 0 Å². The Labute approximate surface area is 125 Å². The van der Waals surface area contributed by atoms with Crippen molar-refractivity contribution in [1.29, 1.82) is 0 Å². The van der Waals surface area contributed by atoms with E-state index in [0.29, 0.717) is 5.92 Å². The van der Waals surface area contributed by atoms with Crippen molar-refractivity contribution in [3.8, 4) is 0 Å². The van der Waals surface area contributed by atoms with Gasteiger partial charge < -0.3 is 9.88 Å². The number of halogens is 1. The summed E-state index contributed by atoms with van der Waals surface area (Å²) in [6.07, 6.45) is 1.14. The Kier molecular flexibility index (Phi) is 3.51. The molecule has 0 saturated carbocycles. The monoisotopic (exact) mass is 291 g/mol. The van der Waals surface area contributed by atoms with Gasteiger partial charge in [0.1, 0.15) is 5.82 Å². The summed E-state index contributed by atoms with van der Waals surface area (Å²) in [5.41, 5.74) is 2.22. The van der Waals surface area contributed by atoms with Gasteiger partial charge in [-0.1, -0.05) is 31.5 Å². The lowest BCUT2D eigenvalue weighted by Crippen LogP contribution is -2.37. The predicted molar refractivity (Wildman–Crippen MR) is 84.4 cm³/mol.